The minimum atomic E-state index is 0.328. The summed E-state index contributed by atoms with van der Waals surface area (Å²) in [5.74, 6) is 0.328. The molecule has 17 heavy (non-hydrogen) atoms. The van der Waals surface area contributed by atoms with Crippen LogP contribution < -0.4 is 0 Å². The number of carbonyl (C=O) groups excluding carboxylic acids is 1. The molecule has 0 aromatic heterocycles. The lowest BCUT2D eigenvalue weighted by Gasteiger charge is -1.98. The van der Waals surface area contributed by atoms with Gasteiger partial charge in [-0.15, -0.1) is 0 Å². The molecule has 0 radical (unpaired) electrons. The highest BCUT2D eigenvalue weighted by Gasteiger charge is 1.93. The van der Waals surface area contributed by atoms with Crippen molar-refractivity contribution < 1.29 is 4.79 Å². The number of Topliss-reactive ketones (excluding diaryl/α,β-unsaturated/α-hetero) is 1. The SMILES string of the molecule is CC=CCCC=CCCCCCCCC(C)=O. The van der Waals surface area contributed by atoms with Crippen molar-refractivity contribution in [2.45, 2.75) is 71.6 Å². The topological polar surface area (TPSA) is 17.1 Å². The Labute approximate surface area is 107 Å². The van der Waals surface area contributed by atoms with E-state index in [1.54, 1.807) is 6.92 Å². The van der Waals surface area contributed by atoms with Crippen molar-refractivity contribution in [3.8, 4) is 0 Å². The number of unbranched alkanes of at least 4 members (excludes halogenated alkanes) is 6. The molecule has 98 valence electrons. The van der Waals surface area contributed by atoms with Gasteiger partial charge in [0.15, 0.2) is 0 Å². The third kappa shape index (κ3) is 15.1. The molecule has 1 nitrogen and oxygen atoms in total. The first kappa shape index (κ1) is 16.1. The van der Waals surface area contributed by atoms with Crippen molar-refractivity contribution in [3.05, 3.63) is 24.3 Å². The van der Waals surface area contributed by atoms with Gasteiger partial charge in [0.05, 0.1) is 0 Å². The molecule has 0 saturated carbocycles. The van der Waals surface area contributed by atoms with E-state index >= 15 is 0 Å². The first-order valence-corrected chi connectivity index (χ1v) is 7.03. The van der Waals surface area contributed by atoms with E-state index in [9.17, 15) is 4.79 Å². The van der Waals surface area contributed by atoms with Gasteiger partial charge in [-0.25, -0.2) is 0 Å². The number of allylic oxidation sites excluding steroid dienone is 4. The molecule has 0 fully saturated rings. The van der Waals surface area contributed by atoms with E-state index in [4.69, 9.17) is 0 Å². The highest BCUT2D eigenvalue weighted by atomic mass is 16.1. The zero-order chi connectivity index (χ0) is 12.8. The van der Waals surface area contributed by atoms with Crippen molar-refractivity contribution >= 4 is 5.78 Å². The standard InChI is InChI=1S/C16H28O/c1-3-4-5-6-7-8-9-10-11-12-13-14-15-16(2)17/h3-4,7-8H,5-6,9-15H2,1-2H3. The number of rotatable bonds is 11. The molecule has 0 aliphatic carbocycles. The quantitative estimate of drug-likeness (QED) is 0.355. The second-order valence-electron chi connectivity index (χ2n) is 4.63. The van der Waals surface area contributed by atoms with E-state index in [-0.39, 0.29) is 0 Å². The fourth-order valence-electron chi connectivity index (χ4n) is 1.76. The lowest BCUT2D eigenvalue weighted by Crippen LogP contribution is -1.89. The van der Waals surface area contributed by atoms with Gasteiger partial charge < -0.3 is 4.79 Å². The monoisotopic (exact) mass is 236 g/mol. The second-order valence-corrected chi connectivity index (χ2v) is 4.63. The highest BCUT2D eigenvalue weighted by molar-refractivity contribution is 5.75. The summed E-state index contributed by atoms with van der Waals surface area (Å²) >= 11 is 0. The van der Waals surface area contributed by atoms with Crippen molar-refractivity contribution in [1.29, 1.82) is 0 Å². The maximum Gasteiger partial charge on any atom is 0.129 e. The zero-order valence-corrected chi connectivity index (χ0v) is 11.6. The summed E-state index contributed by atoms with van der Waals surface area (Å²) < 4.78 is 0. The van der Waals surface area contributed by atoms with Crippen molar-refractivity contribution in [2.75, 3.05) is 0 Å². The Bertz CT molecular complexity index is 226. The van der Waals surface area contributed by atoms with Gasteiger partial charge in [-0.1, -0.05) is 43.6 Å². The van der Waals surface area contributed by atoms with Crippen LogP contribution in [0.25, 0.3) is 0 Å². The molecule has 0 aromatic carbocycles. The molecular weight excluding hydrogens is 208 g/mol. The van der Waals surface area contributed by atoms with E-state index < -0.39 is 0 Å². The molecule has 0 heterocycles. The predicted molar refractivity (Wildman–Crippen MR) is 76.2 cm³/mol. The van der Waals surface area contributed by atoms with E-state index in [2.05, 4.69) is 31.2 Å². The van der Waals surface area contributed by atoms with Crippen molar-refractivity contribution in [2.24, 2.45) is 0 Å². The molecule has 0 N–H and O–H groups in total. The van der Waals surface area contributed by atoms with E-state index in [0.29, 0.717) is 5.78 Å². The summed E-state index contributed by atoms with van der Waals surface area (Å²) in [7, 11) is 0. The van der Waals surface area contributed by atoms with Crippen LogP contribution >= 0.6 is 0 Å². The van der Waals surface area contributed by atoms with Crippen LogP contribution in [0.2, 0.25) is 0 Å². The van der Waals surface area contributed by atoms with Crippen LogP contribution in [0.3, 0.4) is 0 Å². The van der Waals surface area contributed by atoms with Gasteiger partial charge in [-0.3, -0.25) is 0 Å². The Hall–Kier alpha value is -0.850. The molecule has 0 unspecified atom stereocenters. The average molecular weight is 236 g/mol. The largest absolute Gasteiger partial charge is 0.300 e. The molecule has 0 atom stereocenters. The van der Waals surface area contributed by atoms with Gasteiger partial charge >= 0.3 is 0 Å². The van der Waals surface area contributed by atoms with Crippen LogP contribution in [0.4, 0.5) is 0 Å². The van der Waals surface area contributed by atoms with E-state index in [1.165, 1.54) is 38.5 Å². The fraction of sp³-hybridized carbons (Fsp3) is 0.688. The lowest BCUT2D eigenvalue weighted by molar-refractivity contribution is -0.117. The third-order valence-electron chi connectivity index (χ3n) is 2.80. The minimum absolute atomic E-state index is 0.328. The number of hydrogen-bond acceptors (Lipinski definition) is 1. The predicted octanol–water partition coefficient (Wildman–Crippen LogP) is 5.22. The lowest BCUT2D eigenvalue weighted by atomic mass is 10.1. The molecule has 0 aliphatic heterocycles. The van der Waals surface area contributed by atoms with Crippen LogP contribution in [0.15, 0.2) is 24.3 Å². The second kappa shape index (κ2) is 13.2. The average Bonchev–Trinajstić information content (AvgIpc) is 2.30. The van der Waals surface area contributed by atoms with Gasteiger partial charge in [0, 0.05) is 6.42 Å². The molecule has 1 heteroatoms. The molecule has 0 bridgehead atoms. The summed E-state index contributed by atoms with van der Waals surface area (Å²) in [5, 5.41) is 0. The number of ketones is 1. The summed E-state index contributed by atoms with van der Waals surface area (Å²) in [4.78, 5) is 10.7. The Morgan fingerprint density at radius 1 is 0.824 bits per heavy atom. The van der Waals surface area contributed by atoms with Crippen LogP contribution in [0, 0.1) is 0 Å². The van der Waals surface area contributed by atoms with Gasteiger partial charge in [-0.2, -0.15) is 0 Å². The van der Waals surface area contributed by atoms with Gasteiger partial charge in [0.1, 0.15) is 5.78 Å². The molecular formula is C16H28O. The fourth-order valence-corrected chi connectivity index (χ4v) is 1.76. The molecule has 0 saturated heterocycles. The maximum atomic E-state index is 10.7. The van der Waals surface area contributed by atoms with Crippen LogP contribution in [-0.2, 0) is 4.79 Å². The Balaban J connectivity index is 3.10. The Morgan fingerprint density at radius 3 is 2.12 bits per heavy atom. The van der Waals surface area contributed by atoms with Crippen LogP contribution in [0.5, 0.6) is 0 Å². The normalized spacial score (nSPS) is 11.6. The summed E-state index contributed by atoms with van der Waals surface area (Å²) in [6.45, 7) is 3.74. The zero-order valence-electron chi connectivity index (χ0n) is 11.6. The Kier molecular flexibility index (Phi) is 12.6. The Morgan fingerprint density at radius 2 is 1.41 bits per heavy atom. The van der Waals surface area contributed by atoms with Crippen molar-refractivity contribution in [3.63, 3.8) is 0 Å². The van der Waals surface area contributed by atoms with Crippen molar-refractivity contribution in [1.82, 2.24) is 0 Å². The summed E-state index contributed by atoms with van der Waals surface area (Å²) in [6, 6.07) is 0. The molecule has 0 rings (SSSR count). The van der Waals surface area contributed by atoms with Gasteiger partial charge in [0.2, 0.25) is 0 Å². The molecule has 0 amide bonds. The molecule has 0 aromatic rings. The van der Waals surface area contributed by atoms with E-state index in [0.717, 1.165) is 19.3 Å². The van der Waals surface area contributed by atoms with Crippen LogP contribution in [0.1, 0.15) is 71.6 Å². The number of carbonyl (C=O) groups is 1. The highest BCUT2D eigenvalue weighted by Crippen LogP contribution is 2.08. The summed E-state index contributed by atoms with van der Waals surface area (Å²) in [6.07, 6.45) is 19.4. The van der Waals surface area contributed by atoms with Gasteiger partial charge in [0.25, 0.3) is 0 Å². The first-order chi connectivity index (χ1) is 8.27. The number of hydrogen-bond donors (Lipinski definition) is 0. The van der Waals surface area contributed by atoms with Gasteiger partial charge in [-0.05, 0) is 46.0 Å². The van der Waals surface area contributed by atoms with Crippen LogP contribution in [-0.4, -0.2) is 5.78 Å². The smallest absolute Gasteiger partial charge is 0.129 e. The third-order valence-corrected chi connectivity index (χ3v) is 2.80. The first-order valence-electron chi connectivity index (χ1n) is 7.03. The minimum Gasteiger partial charge on any atom is -0.300 e. The molecule has 0 aliphatic rings. The maximum absolute atomic E-state index is 10.7. The molecule has 0 spiro atoms. The van der Waals surface area contributed by atoms with E-state index in [1.807, 2.05) is 0 Å². The summed E-state index contributed by atoms with van der Waals surface area (Å²) in [5.41, 5.74) is 0.